The summed E-state index contributed by atoms with van der Waals surface area (Å²) < 4.78 is 5.32. The molecule has 0 aliphatic carbocycles. The van der Waals surface area contributed by atoms with Crippen LogP contribution in [-0.4, -0.2) is 41.7 Å². The summed E-state index contributed by atoms with van der Waals surface area (Å²) in [7, 11) is 0. The molecule has 5 heteroatoms. The van der Waals surface area contributed by atoms with Gasteiger partial charge in [0.05, 0.1) is 6.54 Å². The molecule has 3 heterocycles. The fraction of sp³-hybridized carbons (Fsp3) is 0.615. The summed E-state index contributed by atoms with van der Waals surface area (Å²) in [5.41, 5.74) is 0. The molecule has 5 nitrogen and oxygen atoms in total. The lowest BCUT2D eigenvalue weighted by molar-refractivity contribution is 0.0658. The largest absolute Gasteiger partial charge is 0.475 e. The van der Waals surface area contributed by atoms with Crippen molar-refractivity contribution >= 4 is 5.97 Å². The van der Waals surface area contributed by atoms with Gasteiger partial charge in [-0.25, -0.2) is 4.79 Å². The highest BCUT2D eigenvalue weighted by Gasteiger charge is 2.41. The molecule has 1 aromatic heterocycles. The van der Waals surface area contributed by atoms with Gasteiger partial charge >= 0.3 is 5.97 Å². The fourth-order valence-corrected chi connectivity index (χ4v) is 3.24. The maximum atomic E-state index is 10.8. The summed E-state index contributed by atoms with van der Waals surface area (Å²) in [4.78, 5) is 13.1. The average Bonchev–Trinajstić information content (AvgIpc) is 2.99. The van der Waals surface area contributed by atoms with Crippen LogP contribution in [0.5, 0.6) is 0 Å². The Bertz CT molecular complexity index is 457. The number of hydrogen-bond donors (Lipinski definition) is 2. The van der Waals surface area contributed by atoms with Crippen molar-refractivity contribution < 1.29 is 14.3 Å². The van der Waals surface area contributed by atoms with Crippen molar-refractivity contribution in [3.05, 3.63) is 23.7 Å². The number of carbonyl (C=O) groups is 1. The Balaban J connectivity index is 1.67. The zero-order valence-electron chi connectivity index (χ0n) is 10.4. The van der Waals surface area contributed by atoms with Crippen molar-refractivity contribution in [2.24, 2.45) is 11.8 Å². The van der Waals surface area contributed by atoms with Crippen LogP contribution in [0.15, 0.2) is 16.5 Å². The number of nitrogens with one attached hydrogen (secondary N) is 1. The van der Waals surface area contributed by atoms with E-state index in [9.17, 15) is 4.79 Å². The molecular weight excluding hydrogens is 232 g/mol. The van der Waals surface area contributed by atoms with E-state index in [4.69, 9.17) is 9.52 Å². The molecule has 0 spiro atoms. The van der Waals surface area contributed by atoms with Crippen molar-refractivity contribution in [1.82, 2.24) is 10.2 Å². The highest BCUT2D eigenvalue weighted by atomic mass is 16.4. The summed E-state index contributed by atoms with van der Waals surface area (Å²) in [6, 6.07) is 3.83. The molecule has 0 bridgehead atoms. The third kappa shape index (κ3) is 1.93. The Labute approximate surface area is 106 Å². The number of nitrogens with zero attached hydrogens (tertiary/aromatic N) is 1. The molecule has 3 rings (SSSR count). The van der Waals surface area contributed by atoms with Gasteiger partial charge in [0.25, 0.3) is 0 Å². The maximum absolute atomic E-state index is 10.8. The van der Waals surface area contributed by atoms with Gasteiger partial charge in [-0.2, -0.15) is 0 Å². The van der Waals surface area contributed by atoms with Gasteiger partial charge in [-0.15, -0.1) is 0 Å². The van der Waals surface area contributed by atoms with E-state index in [-0.39, 0.29) is 5.76 Å². The number of rotatable bonds is 3. The van der Waals surface area contributed by atoms with Gasteiger partial charge in [-0.05, 0) is 44.0 Å². The maximum Gasteiger partial charge on any atom is 0.371 e. The molecule has 2 aliphatic heterocycles. The number of hydrogen-bond acceptors (Lipinski definition) is 4. The molecule has 1 aromatic rings. The SMILES string of the molecule is CC1C2CNCC2CN1Cc1ccc(C(=O)O)o1. The van der Waals surface area contributed by atoms with Crippen LogP contribution in [0, 0.1) is 11.8 Å². The third-order valence-corrected chi connectivity index (χ3v) is 4.29. The van der Waals surface area contributed by atoms with Crippen molar-refractivity contribution in [3.63, 3.8) is 0 Å². The van der Waals surface area contributed by atoms with Crippen LogP contribution in [0.25, 0.3) is 0 Å². The first kappa shape index (κ1) is 11.7. The van der Waals surface area contributed by atoms with Crippen LogP contribution in [-0.2, 0) is 6.54 Å². The number of carboxylic acid groups (broad SMARTS) is 1. The molecule has 0 amide bonds. The second-order valence-corrected chi connectivity index (χ2v) is 5.32. The monoisotopic (exact) mass is 250 g/mol. The third-order valence-electron chi connectivity index (χ3n) is 4.29. The smallest absolute Gasteiger partial charge is 0.371 e. The Morgan fingerprint density at radius 2 is 2.39 bits per heavy atom. The van der Waals surface area contributed by atoms with E-state index >= 15 is 0 Å². The van der Waals surface area contributed by atoms with E-state index in [1.54, 1.807) is 6.07 Å². The lowest BCUT2D eigenvalue weighted by Gasteiger charge is -2.22. The number of furan rings is 1. The number of likely N-dealkylation sites (tertiary alicyclic amines) is 1. The Morgan fingerprint density at radius 1 is 1.56 bits per heavy atom. The first-order chi connectivity index (χ1) is 8.65. The van der Waals surface area contributed by atoms with Crippen molar-refractivity contribution in [3.8, 4) is 0 Å². The van der Waals surface area contributed by atoms with E-state index in [0.717, 1.165) is 37.2 Å². The topological polar surface area (TPSA) is 65.7 Å². The zero-order chi connectivity index (χ0) is 12.7. The minimum atomic E-state index is -1.00. The van der Waals surface area contributed by atoms with Crippen LogP contribution >= 0.6 is 0 Å². The lowest BCUT2D eigenvalue weighted by Crippen LogP contribution is -2.32. The lowest BCUT2D eigenvalue weighted by atomic mass is 9.95. The van der Waals surface area contributed by atoms with Crippen LogP contribution < -0.4 is 5.32 Å². The Hall–Kier alpha value is -1.33. The first-order valence-corrected chi connectivity index (χ1v) is 6.42. The predicted molar refractivity (Wildman–Crippen MR) is 65.4 cm³/mol. The van der Waals surface area contributed by atoms with Crippen LogP contribution in [0.4, 0.5) is 0 Å². The molecule has 2 N–H and O–H groups in total. The summed E-state index contributed by atoms with van der Waals surface area (Å²) >= 11 is 0. The molecule has 2 aliphatic rings. The van der Waals surface area contributed by atoms with E-state index in [1.165, 1.54) is 6.07 Å². The zero-order valence-corrected chi connectivity index (χ0v) is 10.4. The number of fused-ring (bicyclic) bond motifs is 1. The molecule has 0 aromatic carbocycles. The van der Waals surface area contributed by atoms with Crippen molar-refractivity contribution in [2.75, 3.05) is 19.6 Å². The summed E-state index contributed by atoms with van der Waals surface area (Å²) in [6.45, 7) is 6.23. The number of carboxylic acids is 1. The Kier molecular flexibility index (Phi) is 2.87. The molecule has 18 heavy (non-hydrogen) atoms. The Morgan fingerprint density at radius 3 is 3.06 bits per heavy atom. The van der Waals surface area contributed by atoms with E-state index < -0.39 is 5.97 Å². The second kappa shape index (κ2) is 4.40. The van der Waals surface area contributed by atoms with Gasteiger partial charge in [0.2, 0.25) is 5.76 Å². The van der Waals surface area contributed by atoms with Gasteiger partial charge < -0.3 is 14.8 Å². The molecular formula is C13H18N2O3. The minimum absolute atomic E-state index is 0.0266. The molecule has 2 fully saturated rings. The second-order valence-electron chi connectivity index (χ2n) is 5.32. The molecule has 3 atom stereocenters. The fourth-order valence-electron chi connectivity index (χ4n) is 3.24. The minimum Gasteiger partial charge on any atom is -0.475 e. The first-order valence-electron chi connectivity index (χ1n) is 6.42. The highest BCUT2D eigenvalue weighted by molar-refractivity contribution is 5.84. The standard InChI is InChI=1S/C13H18N2O3/c1-8-11-5-14-4-9(11)6-15(8)7-10-2-3-12(18-10)13(16)17/h2-3,8-9,11,14H,4-7H2,1H3,(H,16,17). The highest BCUT2D eigenvalue weighted by Crippen LogP contribution is 2.33. The van der Waals surface area contributed by atoms with Crippen molar-refractivity contribution in [1.29, 1.82) is 0 Å². The average molecular weight is 250 g/mol. The van der Waals surface area contributed by atoms with E-state index in [0.29, 0.717) is 12.6 Å². The summed E-state index contributed by atoms with van der Waals surface area (Å²) in [5.74, 6) is 1.22. The van der Waals surface area contributed by atoms with Gasteiger partial charge in [0.15, 0.2) is 0 Å². The van der Waals surface area contributed by atoms with Gasteiger partial charge in [-0.3, -0.25) is 4.90 Å². The quantitative estimate of drug-likeness (QED) is 0.838. The summed E-state index contributed by atoms with van der Waals surface area (Å²) in [6.07, 6.45) is 0. The van der Waals surface area contributed by atoms with E-state index in [1.807, 2.05) is 0 Å². The normalized spacial score (nSPS) is 31.7. The molecule has 0 saturated carbocycles. The number of aromatic carboxylic acids is 1. The van der Waals surface area contributed by atoms with Gasteiger partial charge in [-0.1, -0.05) is 0 Å². The van der Waals surface area contributed by atoms with Gasteiger partial charge in [0, 0.05) is 12.6 Å². The van der Waals surface area contributed by atoms with Crippen LogP contribution in [0.1, 0.15) is 23.2 Å². The van der Waals surface area contributed by atoms with Crippen LogP contribution in [0.2, 0.25) is 0 Å². The van der Waals surface area contributed by atoms with Gasteiger partial charge in [0.1, 0.15) is 5.76 Å². The summed E-state index contributed by atoms with van der Waals surface area (Å²) in [5, 5.41) is 12.3. The molecule has 0 radical (unpaired) electrons. The van der Waals surface area contributed by atoms with E-state index in [2.05, 4.69) is 17.1 Å². The van der Waals surface area contributed by atoms with Crippen molar-refractivity contribution in [2.45, 2.75) is 19.5 Å². The molecule has 2 saturated heterocycles. The molecule has 98 valence electrons. The predicted octanol–water partition coefficient (Wildman–Crippen LogP) is 1.02. The molecule has 3 unspecified atom stereocenters. The van der Waals surface area contributed by atoms with Crippen LogP contribution in [0.3, 0.4) is 0 Å².